The molecule has 0 aliphatic heterocycles. The minimum absolute atomic E-state index is 0.373. The van der Waals surface area contributed by atoms with E-state index in [-0.39, 0.29) is 0 Å². The summed E-state index contributed by atoms with van der Waals surface area (Å²) in [5.74, 6) is 0. The van der Waals surface area contributed by atoms with E-state index in [9.17, 15) is 8.42 Å². The average Bonchev–Trinajstić information content (AvgIpc) is 2.76. The van der Waals surface area contributed by atoms with Gasteiger partial charge < -0.3 is 0 Å². The van der Waals surface area contributed by atoms with Crippen LogP contribution in [-0.4, -0.2) is 14.0 Å². The molecule has 0 aliphatic rings. The van der Waals surface area contributed by atoms with E-state index in [0.717, 1.165) is 11.3 Å². The van der Waals surface area contributed by atoms with Gasteiger partial charge in [0.25, 0.3) is 10.0 Å². The molecule has 2 aromatic rings. The van der Waals surface area contributed by atoms with Crippen LogP contribution in [0.5, 0.6) is 0 Å². The molecule has 0 atom stereocenters. The lowest BCUT2D eigenvalue weighted by atomic mass is 10.1. The van der Waals surface area contributed by atoms with Crippen molar-refractivity contribution in [3.8, 4) is 0 Å². The Morgan fingerprint density at radius 3 is 2.30 bits per heavy atom. The first-order chi connectivity index (χ1) is 9.26. The maximum atomic E-state index is 12.2. The second-order valence-corrected chi connectivity index (χ2v) is 8.82. The zero-order valence-electron chi connectivity index (χ0n) is 11.9. The van der Waals surface area contributed by atoms with Crippen LogP contribution < -0.4 is 4.72 Å². The van der Waals surface area contributed by atoms with Gasteiger partial charge in [0, 0.05) is 16.8 Å². The largest absolute Gasteiger partial charge is 0.250 e. The van der Waals surface area contributed by atoms with E-state index in [1.165, 1.54) is 16.9 Å². The summed E-state index contributed by atoms with van der Waals surface area (Å²) >= 11 is 1.32. The van der Waals surface area contributed by atoms with E-state index in [1.54, 1.807) is 6.07 Å². The lowest BCUT2D eigenvalue weighted by molar-refractivity contribution is 0.492. The van der Waals surface area contributed by atoms with Crippen LogP contribution in [-0.2, 0) is 16.4 Å². The number of hydrogen-bond donors (Lipinski definition) is 1. The summed E-state index contributed by atoms with van der Waals surface area (Å²) in [7, 11) is -3.42. The molecule has 20 heavy (non-hydrogen) atoms. The molecule has 1 heterocycles. The fraction of sp³-hybridized carbons (Fsp3) is 0.333. The number of thiophene rings is 1. The van der Waals surface area contributed by atoms with Crippen LogP contribution in [0, 0.1) is 0 Å². The predicted molar refractivity (Wildman–Crippen MR) is 83.6 cm³/mol. The van der Waals surface area contributed by atoms with Crippen LogP contribution in [0.3, 0.4) is 0 Å². The molecular weight excluding hydrogens is 290 g/mol. The summed E-state index contributed by atoms with van der Waals surface area (Å²) in [4.78, 5) is 1.05. The van der Waals surface area contributed by atoms with Gasteiger partial charge >= 0.3 is 0 Å². The molecule has 2 rings (SSSR count). The fourth-order valence-electron chi connectivity index (χ4n) is 1.85. The maximum absolute atomic E-state index is 12.2. The van der Waals surface area contributed by atoms with Crippen molar-refractivity contribution < 1.29 is 8.42 Å². The highest BCUT2D eigenvalue weighted by Crippen LogP contribution is 2.24. The van der Waals surface area contributed by atoms with Gasteiger partial charge in [-0.3, -0.25) is 0 Å². The molecule has 0 saturated carbocycles. The Morgan fingerprint density at radius 2 is 1.70 bits per heavy atom. The second-order valence-electron chi connectivity index (χ2n) is 5.74. The van der Waals surface area contributed by atoms with Crippen molar-refractivity contribution in [2.45, 2.75) is 36.9 Å². The molecule has 3 nitrogen and oxygen atoms in total. The molecule has 0 spiro atoms. The maximum Gasteiger partial charge on any atom is 0.250 e. The molecule has 0 amide bonds. The summed E-state index contributed by atoms with van der Waals surface area (Å²) < 4.78 is 27.5. The molecule has 0 bridgehead atoms. The first kappa shape index (κ1) is 15.2. The smallest absolute Gasteiger partial charge is 0.206 e. The predicted octanol–water partition coefficient (Wildman–Crippen LogP) is 3.42. The number of hydrogen-bond acceptors (Lipinski definition) is 3. The van der Waals surface area contributed by atoms with Gasteiger partial charge in [0.05, 0.1) is 0 Å². The highest BCUT2D eigenvalue weighted by atomic mass is 32.2. The fourth-order valence-corrected chi connectivity index (χ4v) is 4.66. The molecule has 0 saturated heterocycles. The minimum Gasteiger partial charge on any atom is -0.206 e. The van der Waals surface area contributed by atoms with Crippen molar-refractivity contribution >= 4 is 21.4 Å². The van der Waals surface area contributed by atoms with Gasteiger partial charge in [0.1, 0.15) is 4.21 Å². The summed E-state index contributed by atoms with van der Waals surface area (Å²) in [6.45, 7) is 5.51. The van der Waals surface area contributed by atoms with Crippen LogP contribution in [0.25, 0.3) is 0 Å². The Bertz CT molecular complexity index is 667. The summed E-state index contributed by atoms with van der Waals surface area (Å²) in [6, 6.07) is 13.6. The van der Waals surface area contributed by atoms with Gasteiger partial charge in [-0.1, -0.05) is 30.3 Å². The van der Waals surface area contributed by atoms with Gasteiger partial charge in [-0.15, -0.1) is 11.3 Å². The molecule has 1 aromatic heterocycles. The zero-order chi connectivity index (χ0) is 14.8. The lowest BCUT2D eigenvalue weighted by Crippen LogP contribution is -2.40. The summed E-state index contributed by atoms with van der Waals surface area (Å²) in [6.07, 6.45) is 0.760. The van der Waals surface area contributed by atoms with E-state index < -0.39 is 15.6 Å². The van der Waals surface area contributed by atoms with Gasteiger partial charge in [-0.2, -0.15) is 0 Å². The normalized spacial score (nSPS) is 12.6. The summed E-state index contributed by atoms with van der Waals surface area (Å²) in [5.41, 5.74) is 0.713. The molecule has 1 aromatic carbocycles. The minimum atomic E-state index is -3.42. The van der Waals surface area contributed by atoms with Crippen molar-refractivity contribution in [3.63, 3.8) is 0 Å². The van der Waals surface area contributed by atoms with Crippen molar-refractivity contribution in [2.75, 3.05) is 0 Å². The van der Waals surface area contributed by atoms with E-state index in [4.69, 9.17) is 0 Å². The molecule has 0 radical (unpaired) electrons. The van der Waals surface area contributed by atoms with Gasteiger partial charge in [-0.25, -0.2) is 13.1 Å². The van der Waals surface area contributed by atoms with Crippen LogP contribution in [0.2, 0.25) is 0 Å². The van der Waals surface area contributed by atoms with Crippen molar-refractivity contribution in [2.24, 2.45) is 0 Å². The van der Waals surface area contributed by atoms with Crippen LogP contribution in [0.4, 0.5) is 0 Å². The first-order valence-electron chi connectivity index (χ1n) is 6.43. The Balaban J connectivity index is 2.17. The van der Waals surface area contributed by atoms with E-state index in [0.29, 0.717) is 4.21 Å². The quantitative estimate of drug-likeness (QED) is 0.940. The van der Waals surface area contributed by atoms with Gasteiger partial charge in [0.2, 0.25) is 0 Å². The molecule has 108 valence electrons. The SMILES string of the molecule is CC(C)(C)NS(=O)(=O)c1ccc(Cc2ccccc2)s1. The third-order valence-electron chi connectivity index (χ3n) is 2.56. The Kier molecular flexibility index (Phi) is 4.32. The van der Waals surface area contributed by atoms with Crippen LogP contribution in [0.15, 0.2) is 46.7 Å². The topological polar surface area (TPSA) is 46.2 Å². The van der Waals surface area contributed by atoms with Crippen molar-refractivity contribution in [1.29, 1.82) is 0 Å². The first-order valence-corrected chi connectivity index (χ1v) is 8.73. The molecule has 5 heteroatoms. The van der Waals surface area contributed by atoms with E-state index >= 15 is 0 Å². The molecule has 0 unspecified atom stereocenters. The summed E-state index contributed by atoms with van der Waals surface area (Å²) in [5, 5.41) is 0. The highest BCUT2D eigenvalue weighted by molar-refractivity contribution is 7.91. The lowest BCUT2D eigenvalue weighted by Gasteiger charge is -2.19. The highest BCUT2D eigenvalue weighted by Gasteiger charge is 2.23. The number of sulfonamides is 1. The van der Waals surface area contributed by atoms with Crippen molar-refractivity contribution in [3.05, 3.63) is 52.9 Å². The Morgan fingerprint density at radius 1 is 1.05 bits per heavy atom. The average molecular weight is 309 g/mol. The third-order valence-corrected chi connectivity index (χ3v) is 5.90. The number of nitrogens with one attached hydrogen (secondary N) is 1. The number of rotatable bonds is 4. The monoisotopic (exact) mass is 309 g/mol. The third kappa shape index (κ3) is 4.16. The zero-order valence-corrected chi connectivity index (χ0v) is 13.5. The van der Waals surface area contributed by atoms with Gasteiger partial charge in [-0.05, 0) is 38.5 Å². The Labute approximate surface area is 124 Å². The number of benzene rings is 1. The van der Waals surface area contributed by atoms with Crippen LogP contribution >= 0.6 is 11.3 Å². The van der Waals surface area contributed by atoms with E-state index in [2.05, 4.69) is 4.72 Å². The van der Waals surface area contributed by atoms with Crippen LogP contribution in [0.1, 0.15) is 31.2 Å². The standard InChI is InChI=1S/C15H19NO2S2/c1-15(2,3)16-20(17,18)14-10-9-13(19-14)11-12-7-5-4-6-8-12/h4-10,16H,11H2,1-3H3. The molecular formula is C15H19NO2S2. The molecule has 0 fully saturated rings. The van der Waals surface area contributed by atoms with Gasteiger partial charge in [0.15, 0.2) is 0 Å². The molecule has 0 aliphatic carbocycles. The van der Waals surface area contributed by atoms with Crippen molar-refractivity contribution in [1.82, 2.24) is 4.72 Å². The van der Waals surface area contributed by atoms with E-state index in [1.807, 2.05) is 57.2 Å². The molecule has 1 N–H and O–H groups in total. The Hall–Kier alpha value is -1.17. The second kappa shape index (κ2) is 5.68.